The van der Waals surface area contributed by atoms with Crippen molar-refractivity contribution < 1.29 is 4.74 Å². The van der Waals surface area contributed by atoms with Crippen molar-refractivity contribution in [1.29, 1.82) is 0 Å². The Labute approximate surface area is 90.9 Å². The molecule has 2 rings (SSSR count). The predicted octanol–water partition coefficient (Wildman–Crippen LogP) is 2.15. The number of hydrogen-bond donors (Lipinski definition) is 1. The Morgan fingerprint density at radius 3 is 2.87 bits per heavy atom. The zero-order valence-electron chi connectivity index (χ0n) is 9.36. The van der Waals surface area contributed by atoms with Gasteiger partial charge in [0.05, 0.1) is 7.11 Å². The molecule has 1 saturated carbocycles. The molecule has 0 aromatic carbocycles. The lowest BCUT2D eigenvalue weighted by Crippen LogP contribution is -2.30. The molecular formula is C12H18N2O. The Morgan fingerprint density at radius 1 is 1.53 bits per heavy atom. The first-order valence-electron chi connectivity index (χ1n) is 5.53. The number of nitrogens with one attached hydrogen (secondary N) is 1. The Balaban J connectivity index is 2.24. The molecular weight excluding hydrogens is 188 g/mol. The average Bonchev–Trinajstić information content (AvgIpc) is 2.23. The van der Waals surface area contributed by atoms with Gasteiger partial charge in [-0.2, -0.15) is 0 Å². The molecule has 1 heterocycles. The van der Waals surface area contributed by atoms with Gasteiger partial charge in [-0.3, -0.25) is 0 Å². The molecule has 0 aliphatic heterocycles. The average molecular weight is 206 g/mol. The van der Waals surface area contributed by atoms with Gasteiger partial charge in [0.2, 0.25) is 5.88 Å². The van der Waals surface area contributed by atoms with Crippen LogP contribution in [0.5, 0.6) is 5.88 Å². The number of rotatable bonds is 4. The Kier molecular flexibility index (Phi) is 3.21. The van der Waals surface area contributed by atoms with Crippen LogP contribution in [-0.2, 0) is 0 Å². The van der Waals surface area contributed by atoms with Crippen LogP contribution in [0.15, 0.2) is 18.3 Å². The van der Waals surface area contributed by atoms with Crippen molar-refractivity contribution in [2.24, 2.45) is 5.92 Å². The molecule has 0 amide bonds. The fourth-order valence-corrected chi connectivity index (χ4v) is 2.23. The number of nitrogens with zero attached hydrogens (tertiary/aromatic N) is 1. The number of methoxy groups -OCH3 is 1. The minimum absolute atomic E-state index is 0.391. The third-order valence-corrected chi connectivity index (χ3v) is 3.26. The molecule has 1 aliphatic rings. The number of pyridine rings is 1. The lowest BCUT2D eigenvalue weighted by molar-refractivity contribution is 0.234. The summed E-state index contributed by atoms with van der Waals surface area (Å²) in [6.45, 7) is 0. The molecule has 82 valence electrons. The van der Waals surface area contributed by atoms with Crippen molar-refractivity contribution in [3.8, 4) is 5.88 Å². The van der Waals surface area contributed by atoms with Gasteiger partial charge < -0.3 is 10.1 Å². The van der Waals surface area contributed by atoms with E-state index < -0.39 is 0 Å². The second-order valence-corrected chi connectivity index (χ2v) is 4.06. The van der Waals surface area contributed by atoms with Gasteiger partial charge in [0.25, 0.3) is 0 Å². The summed E-state index contributed by atoms with van der Waals surface area (Å²) in [5.41, 5.74) is 1.19. The first kappa shape index (κ1) is 10.4. The monoisotopic (exact) mass is 206 g/mol. The summed E-state index contributed by atoms with van der Waals surface area (Å²) in [5, 5.41) is 3.38. The highest BCUT2D eigenvalue weighted by atomic mass is 16.5. The number of ether oxygens (including phenoxy) is 1. The van der Waals surface area contributed by atoms with Crippen molar-refractivity contribution in [2.45, 2.75) is 25.3 Å². The summed E-state index contributed by atoms with van der Waals surface area (Å²) in [6, 6.07) is 4.47. The van der Waals surface area contributed by atoms with E-state index in [2.05, 4.69) is 16.4 Å². The molecule has 1 aromatic heterocycles. The molecule has 15 heavy (non-hydrogen) atoms. The predicted molar refractivity (Wildman–Crippen MR) is 59.9 cm³/mol. The first-order valence-corrected chi connectivity index (χ1v) is 5.53. The SMILES string of the molecule is CNC(c1cccnc1OC)C1CCC1. The highest BCUT2D eigenvalue weighted by molar-refractivity contribution is 5.29. The summed E-state index contributed by atoms with van der Waals surface area (Å²) in [5.74, 6) is 1.50. The Hall–Kier alpha value is -1.09. The minimum Gasteiger partial charge on any atom is -0.481 e. The maximum absolute atomic E-state index is 5.30. The molecule has 1 unspecified atom stereocenters. The largest absolute Gasteiger partial charge is 0.481 e. The van der Waals surface area contributed by atoms with Gasteiger partial charge in [0.15, 0.2) is 0 Å². The van der Waals surface area contributed by atoms with Crippen molar-refractivity contribution in [3.63, 3.8) is 0 Å². The van der Waals surface area contributed by atoms with E-state index in [4.69, 9.17) is 4.74 Å². The third-order valence-electron chi connectivity index (χ3n) is 3.26. The summed E-state index contributed by atoms with van der Waals surface area (Å²) in [7, 11) is 3.69. The van der Waals surface area contributed by atoms with E-state index in [0.29, 0.717) is 6.04 Å². The third kappa shape index (κ3) is 1.97. The van der Waals surface area contributed by atoms with Crippen LogP contribution in [0.1, 0.15) is 30.9 Å². The molecule has 1 N–H and O–H groups in total. The fraction of sp³-hybridized carbons (Fsp3) is 0.583. The molecule has 1 aromatic rings. The van der Waals surface area contributed by atoms with Crippen LogP contribution in [0.3, 0.4) is 0 Å². The van der Waals surface area contributed by atoms with E-state index in [1.165, 1.54) is 24.8 Å². The van der Waals surface area contributed by atoms with Crippen LogP contribution in [0.2, 0.25) is 0 Å². The topological polar surface area (TPSA) is 34.2 Å². The zero-order chi connectivity index (χ0) is 10.7. The van der Waals surface area contributed by atoms with Crippen LogP contribution in [0.25, 0.3) is 0 Å². The summed E-state index contributed by atoms with van der Waals surface area (Å²) in [4.78, 5) is 4.24. The first-order chi connectivity index (χ1) is 7.36. The van der Waals surface area contributed by atoms with Gasteiger partial charge >= 0.3 is 0 Å². The van der Waals surface area contributed by atoms with Crippen molar-refractivity contribution in [3.05, 3.63) is 23.9 Å². The highest BCUT2D eigenvalue weighted by Gasteiger charge is 2.29. The molecule has 3 nitrogen and oxygen atoms in total. The zero-order valence-corrected chi connectivity index (χ0v) is 9.36. The van der Waals surface area contributed by atoms with Crippen molar-refractivity contribution in [2.75, 3.05) is 14.2 Å². The van der Waals surface area contributed by atoms with Gasteiger partial charge in [-0.15, -0.1) is 0 Å². The summed E-state index contributed by atoms with van der Waals surface area (Å²) >= 11 is 0. The smallest absolute Gasteiger partial charge is 0.217 e. The lowest BCUT2D eigenvalue weighted by Gasteiger charge is -2.34. The summed E-state index contributed by atoms with van der Waals surface area (Å²) in [6.07, 6.45) is 5.74. The van der Waals surface area contributed by atoms with E-state index in [1.54, 1.807) is 13.3 Å². The standard InChI is InChI=1S/C12H18N2O/c1-13-11(9-5-3-6-9)10-7-4-8-14-12(10)15-2/h4,7-9,11,13H,3,5-6H2,1-2H3. The van der Waals surface area contributed by atoms with Crippen LogP contribution >= 0.6 is 0 Å². The molecule has 1 fully saturated rings. The van der Waals surface area contributed by atoms with Crippen LogP contribution in [-0.4, -0.2) is 19.1 Å². The summed E-state index contributed by atoms with van der Waals surface area (Å²) < 4.78 is 5.30. The fourth-order valence-electron chi connectivity index (χ4n) is 2.23. The number of hydrogen-bond acceptors (Lipinski definition) is 3. The van der Waals surface area contributed by atoms with E-state index in [0.717, 1.165) is 11.8 Å². The molecule has 0 radical (unpaired) electrons. The van der Waals surface area contributed by atoms with E-state index >= 15 is 0 Å². The van der Waals surface area contributed by atoms with Crippen molar-refractivity contribution in [1.82, 2.24) is 10.3 Å². The molecule has 1 aliphatic carbocycles. The van der Waals surface area contributed by atoms with Crippen molar-refractivity contribution >= 4 is 0 Å². The van der Waals surface area contributed by atoms with E-state index in [1.807, 2.05) is 13.1 Å². The van der Waals surface area contributed by atoms with E-state index in [9.17, 15) is 0 Å². The Morgan fingerprint density at radius 2 is 2.33 bits per heavy atom. The quantitative estimate of drug-likeness (QED) is 0.819. The molecule has 0 spiro atoms. The number of aromatic nitrogens is 1. The lowest BCUT2D eigenvalue weighted by atomic mass is 9.77. The second kappa shape index (κ2) is 4.62. The van der Waals surface area contributed by atoms with Gasteiger partial charge in [-0.05, 0) is 31.9 Å². The maximum Gasteiger partial charge on any atom is 0.217 e. The van der Waals surface area contributed by atoms with Crippen LogP contribution < -0.4 is 10.1 Å². The van der Waals surface area contributed by atoms with E-state index in [-0.39, 0.29) is 0 Å². The molecule has 3 heteroatoms. The Bertz CT molecular complexity index is 323. The molecule has 0 saturated heterocycles. The van der Waals surface area contributed by atoms with Crippen LogP contribution in [0.4, 0.5) is 0 Å². The minimum atomic E-state index is 0.391. The highest BCUT2D eigenvalue weighted by Crippen LogP contribution is 2.39. The molecule has 0 bridgehead atoms. The van der Waals surface area contributed by atoms with Gasteiger partial charge in [0.1, 0.15) is 0 Å². The van der Waals surface area contributed by atoms with Crippen LogP contribution in [0, 0.1) is 5.92 Å². The second-order valence-electron chi connectivity index (χ2n) is 4.06. The van der Waals surface area contributed by atoms with Gasteiger partial charge in [-0.1, -0.05) is 12.5 Å². The van der Waals surface area contributed by atoms with Gasteiger partial charge in [-0.25, -0.2) is 4.98 Å². The maximum atomic E-state index is 5.30. The van der Waals surface area contributed by atoms with Gasteiger partial charge in [0, 0.05) is 17.8 Å². The molecule has 1 atom stereocenters. The normalized spacial score (nSPS) is 18.3.